The van der Waals surface area contributed by atoms with E-state index in [9.17, 15) is 14.3 Å². The molecule has 0 aliphatic carbocycles. The van der Waals surface area contributed by atoms with Gasteiger partial charge in [-0.2, -0.15) is 4.98 Å². The van der Waals surface area contributed by atoms with E-state index in [1.165, 1.54) is 12.1 Å². The highest BCUT2D eigenvalue weighted by molar-refractivity contribution is 5.96. The maximum atomic E-state index is 14.4. The van der Waals surface area contributed by atoms with Gasteiger partial charge in [-0.1, -0.05) is 36.4 Å². The molecule has 0 saturated heterocycles. The predicted octanol–water partition coefficient (Wildman–Crippen LogP) is 6.12. The van der Waals surface area contributed by atoms with Crippen LogP contribution in [-0.4, -0.2) is 31.7 Å². The first-order valence-corrected chi connectivity index (χ1v) is 13.5. The molecule has 4 N–H and O–H groups in total. The van der Waals surface area contributed by atoms with Gasteiger partial charge >= 0.3 is 0 Å². The Morgan fingerprint density at radius 1 is 0.953 bits per heavy atom. The van der Waals surface area contributed by atoms with Crippen LogP contribution >= 0.6 is 0 Å². The number of rotatable bonds is 7. The molecule has 0 saturated carbocycles. The molecule has 3 aromatic carbocycles. The van der Waals surface area contributed by atoms with Crippen molar-refractivity contribution in [3.8, 4) is 39.7 Å². The number of nitrogens with zero attached hydrogens (tertiary/aromatic N) is 4. The second kappa shape index (κ2) is 11.2. The Morgan fingerprint density at radius 3 is 2.53 bits per heavy atom. The number of nitrogen functional groups attached to an aromatic ring is 1. The van der Waals surface area contributed by atoms with Gasteiger partial charge in [0.2, 0.25) is 11.8 Å². The molecular formula is C33H27FN6O3. The minimum absolute atomic E-state index is 0.00704. The van der Waals surface area contributed by atoms with Crippen LogP contribution in [0.3, 0.4) is 0 Å². The van der Waals surface area contributed by atoms with Crippen molar-refractivity contribution in [2.24, 2.45) is 0 Å². The van der Waals surface area contributed by atoms with Crippen LogP contribution < -0.4 is 21.3 Å². The number of fused-ring (bicyclic) bond motifs is 1. The van der Waals surface area contributed by atoms with Crippen LogP contribution in [-0.2, 0) is 0 Å². The number of phenolic OH excluding ortho intramolecular Hbond substituents is 1. The zero-order chi connectivity index (χ0) is 30.1. The lowest BCUT2D eigenvalue weighted by molar-refractivity contribution is 0.398. The highest BCUT2D eigenvalue weighted by atomic mass is 19.1. The monoisotopic (exact) mass is 574 g/mol. The molecule has 0 bridgehead atoms. The van der Waals surface area contributed by atoms with Gasteiger partial charge in [-0.25, -0.2) is 14.4 Å². The average molecular weight is 575 g/mol. The summed E-state index contributed by atoms with van der Waals surface area (Å²) in [7, 11) is 1.55. The van der Waals surface area contributed by atoms with Gasteiger partial charge in [0.15, 0.2) is 11.6 Å². The van der Waals surface area contributed by atoms with Crippen molar-refractivity contribution in [3.05, 3.63) is 119 Å². The first-order chi connectivity index (χ1) is 20.8. The fourth-order valence-corrected chi connectivity index (χ4v) is 5.13. The van der Waals surface area contributed by atoms with E-state index in [4.69, 9.17) is 10.5 Å². The molecule has 6 rings (SSSR count). The summed E-state index contributed by atoms with van der Waals surface area (Å²) in [5, 5.41) is 14.5. The SMILES string of the molecule is COc1cc(-c2cccc3cc([C@H](C)Nc4cc(-c5ccc(F)c(O)c5)nc(N)n4)n(-c4ccccc4)c(=O)c23)ccn1. The van der Waals surface area contributed by atoms with E-state index in [-0.39, 0.29) is 11.5 Å². The molecule has 0 amide bonds. The number of pyridine rings is 2. The first kappa shape index (κ1) is 27.4. The number of phenols is 1. The summed E-state index contributed by atoms with van der Waals surface area (Å²) in [4.78, 5) is 27.2. The molecule has 0 unspecified atom stereocenters. The van der Waals surface area contributed by atoms with Crippen LogP contribution in [0.4, 0.5) is 16.2 Å². The summed E-state index contributed by atoms with van der Waals surface area (Å²) in [6.45, 7) is 1.92. The summed E-state index contributed by atoms with van der Waals surface area (Å²) >= 11 is 0. The Hall–Kier alpha value is -5.77. The Morgan fingerprint density at radius 2 is 1.77 bits per heavy atom. The minimum atomic E-state index is -0.737. The van der Waals surface area contributed by atoms with Gasteiger partial charge in [0.1, 0.15) is 5.82 Å². The minimum Gasteiger partial charge on any atom is -0.505 e. The largest absolute Gasteiger partial charge is 0.505 e. The Kier molecular flexibility index (Phi) is 7.17. The fourth-order valence-electron chi connectivity index (χ4n) is 5.13. The quantitative estimate of drug-likeness (QED) is 0.208. The molecule has 0 aliphatic rings. The normalized spacial score (nSPS) is 11.8. The van der Waals surface area contributed by atoms with Gasteiger partial charge in [-0.15, -0.1) is 0 Å². The van der Waals surface area contributed by atoms with E-state index in [0.29, 0.717) is 39.7 Å². The molecule has 3 heterocycles. The topological polar surface area (TPSA) is 128 Å². The summed E-state index contributed by atoms with van der Waals surface area (Å²) in [6, 6.07) is 25.9. The Balaban J connectivity index is 1.48. The standard InChI is InChI=1S/C33H27FN6O3/c1-19(37-29-18-26(38-33(35)39-29)21-11-12-25(34)28(41)16-21)27-15-22-7-6-10-24(20-13-14-36-30(17-20)43-2)31(22)32(42)40(27)23-8-4-3-5-9-23/h3-19,41H,1-2H3,(H3,35,37,38,39)/t19-/m0/s1. The summed E-state index contributed by atoms with van der Waals surface area (Å²) < 4.78 is 20.7. The van der Waals surface area contributed by atoms with Crippen LogP contribution in [0.1, 0.15) is 18.7 Å². The summed E-state index contributed by atoms with van der Waals surface area (Å²) in [5.74, 6) is -0.396. The fraction of sp³-hybridized carbons (Fsp3) is 0.0909. The van der Waals surface area contributed by atoms with Crippen molar-refractivity contribution in [1.82, 2.24) is 19.5 Å². The maximum Gasteiger partial charge on any atom is 0.263 e. The number of aromatic hydroxyl groups is 1. The number of ether oxygens (including phenoxy) is 1. The van der Waals surface area contributed by atoms with E-state index in [1.807, 2.05) is 67.6 Å². The number of hydrogen-bond donors (Lipinski definition) is 3. The summed E-state index contributed by atoms with van der Waals surface area (Å²) in [5.41, 5.74) is 9.65. The molecule has 43 heavy (non-hydrogen) atoms. The lowest BCUT2D eigenvalue weighted by atomic mass is 9.98. The second-order valence-corrected chi connectivity index (χ2v) is 9.93. The molecule has 9 nitrogen and oxygen atoms in total. The molecule has 0 spiro atoms. The van der Waals surface area contributed by atoms with Crippen molar-refractivity contribution in [3.63, 3.8) is 0 Å². The molecular weight excluding hydrogens is 547 g/mol. The number of nitrogens with two attached hydrogens (primary N) is 1. The van der Waals surface area contributed by atoms with Crippen molar-refractivity contribution in [2.45, 2.75) is 13.0 Å². The molecule has 0 radical (unpaired) electrons. The molecule has 214 valence electrons. The van der Waals surface area contributed by atoms with Crippen LogP contribution in [0.15, 0.2) is 102 Å². The van der Waals surface area contributed by atoms with Crippen LogP contribution in [0, 0.1) is 5.82 Å². The van der Waals surface area contributed by atoms with Gasteiger partial charge in [0.25, 0.3) is 5.56 Å². The number of aromatic nitrogens is 4. The van der Waals surface area contributed by atoms with Crippen molar-refractivity contribution < 1.29 is 14.2 Å². The first-order valence-electron chi connectivity index (χ1n) is 13.5. The van der Waals surface area contributed by atoms with Crippen LogP contribution in [0.25, 0.3) is 38.8 Å². The number of nitrogens with one attached hydrogen (secondary N) is 1. The van der Waals surface area contributed by atoms with E-state index >= 15 is 0 Å². The van der Waals surface area contributed by atoms with Gasteiger partial charge in [0.05, 0.1) is 24.2 Å². The summed E-state index contributed by atoms with van der Waals surface area (Å²) in [6.07, 6.45) is 1.65. The van der Waals surface area contributed by atoms with E-state index < -0.39 is 17.6 Å². The zero-order valence-electron chi connectivity index (χ0n) is 23.3. The molecule has 1 atom stereocenters. The van der Waals surface area contributed by atoms with Gasteiger partial charge in [-0.3, -0.25) is 9.36 Å². The third kappa shape index (κ3) is 5.33. The average Bonchev–Trinajstić information content (AvgIpc) is 3.02. The highest BCUT2D eigenvalue weighted by Crippen LogP contribution is 2.32. The smallest absolute Gasteiger partial charge is 0.263 e. The van der Waals surface area contributed by atoms with E-state index in [0.717, 1.165) is 22.6 Å². The zero-order valence-corrected chi connectivity index (χ0v) is 23.3. The third-order valence-corrected chi connectivity index (χ3v) is 7.14. The van der Waals surface area contributed by atoms with Gasteiger partial charge in [-0.05, 0) is 65.9 Å². The molecule has 10 heteroatoms. The van der Waals surface area contributed by atoms with E-state index in [1.54, 1.807) is 30.0 Å². The van der Waals surface area contributed by atoms with Crippen LogP contribution in [0.2, 0.25) is 0 Å². The number of methoxy groups -OCH3 is 1. The number of halogens is 1. The number of anilines is 2. The van der Waals surface area contributed by atoms with Gasteiger partial charge < -0.3 is 20.9 Å². The predicted molar refractivity (Wildman–Crippen MR) is 165 cm³/mol. The number of benzene rings is 3. The lowest BCUT2D eigenvalue weighted by Crippen LogP contribution is -2.26. The van der Waals surface area contributed by atoms with Crippen molar-refractivity contribution >= 4 is 22.5 Å². The molecule has 6 aromatic rings. The molecule has 0 fully saturated rings. The Bertz CT molecular complexity index is 2030. The molecule has 3 aromatic heterocycles. The number of para-hydroxylation sites is 1. The van der Waals surface area contributed by atoms with E-state index in [2.05, 4.69) is 20.3 Å². The van der Waals surface area contributed by atoms with Gasteiger partial charge in [0, 0.05) is 35.3 Å². The maximum absolute atomic E-state index is 14.4. The Labute approximate surface area is 246 Å². The third-order valence-electron chi connectivity index (χ3n) is 7.14. The van der Waals surface area contributed by atoms with Crippen LogP contribution in [0.5, 0.6) is 11.6 Å². The highest BCUT2D eigenvalue weighted by Gasteiger charge is 2.20. The lowest BCUT2D eigenvalue weighted by Gasteiger charge is -2.22. The molecule has 0 aliphatic heterocycles. The second-order valence-electron chi connectivity index (χ2n) is 9.93. The van der Waals surface area contributed by atoms with Crippen molar-refractivity contribution in [1.29, 1.82) is 0 Å². The van der Waals surface area contributed by atoms with Crippen molar-refractivity contribution in [2.75, 3.05) is 18.2 Å². The number of hydrogen-bond acceptors (Lipinski definition) is 8.